The van der Waals surface area contributed by atoms with E-state index in [9.17, 15) is 0 Å². The minimum atomic E-state index is 0.603. The molecule has 19 heavy (non-hydrogen) atoms. The number of pyridine rings is 1. The summed E-state index contributed by atoms with van der Waals surface area (Å²) >= 11 is 0. The molecule has 0 aliphatic heterocycles. The number of rotatable bonds is 3. The molecule has 4 nitrogen and oxygen atoms in total. The molecule has 1 saturated carbocycles. The molecule has 102 valence electrons. The van der Waals surface area contributed by atoms with Crippen LogP contribution in [-0.4, -0.2) is 14.5 Å². The van der Waals surface area contributed by atoms with E-state index < -0.39 is 0 Å². The van der Waals surface area contributed by atoms with Crippen LogP contribution in [0.25, 0.3) is 11.2 Å². The van der Waals surface area contributed by atoms with Gasteiger partial charge >= 0.3 is 0 Å². The van der Waals surface area contributed by atoms with Crippen LogP contribution in [0.1, 0.15) is 39.0 Å². The smallest absolute Gasteiger partial charge is 0.202 e. The van der Waals surface area contributed by atoms with Crippen LogP contribution in [0.5, 0.6) is 0 Å². The molecule has 0 radical (unpaired) electrons. The van der Waals surface area contributed by atoms with Crippen molar-refractivity contribution in [3.63, 3.8) is 0 Å². The Morgan fingerprint density at radius 2 is 2.00 bits per heavy atom. The topological polar surface area (TPSA) is 56.7 Å². The standard InChI is InChI=1S/C15H22N4/c1-2-11-5-7-12(8-6-11)10-19-14-13(18-15(19)16)4-3-9-17-14/h3-4,9,11-12H,2,5-8,10H2,1H3,(H2,16,18). The Labute approximate surface area is 114 Å². The Kier molecular flexibility index (Phi) is 3.40. The van der Waals surface area contributed by atoms with E-state index in [2.05, 4.69) is 21.5 Å². The molecule has 0 aromatic carbocycles. The largest absolute Gasteiger partial charge is 0.369 e. The zero-order chi connectivity index (χ0) is 13.2. The van der Waals surface area contributed by atoms with E-state index in [0.717, 1.165) is 29.5 Å². The van der Waals surface area contributed by atoms with Gasteiger partial charge in [-0.3, -0.25) is 4.57 Å². The number of nitrogens with two attached hydrogens (primary N) is 1. The normalized spacial score (nSPS) is 23.8. The number of anilines is 1. The van der Waals surface area contributed by atoms with Crippen molar-refractivity contribution in [2.45, 2.75) is 45.6 Å². The summed E-state index contributed by atoms with van der Waals surface area (Å²) < 4.78 is 2.09. The van der Waals surface area contributed by atoms with Gasteiger partial charge in [0.05, 0.1) is 0 Å². The third-order valence-corrected chi connectivity index (χ3v) is 4.52. The molecule has 0 unspecified atom stereocenters. The lowest BCUT2D eigenvalue weighted by Crippen LogP contribution is -2.19. The van der Waals surface area contributed by atoms with Crippen molar-refractivity contribution in [1.29, 1.82) is 0 Å². The quantitative estimate of drug-likeness (QED) is 0.919. The van der Waals surface area contributed by atoms with Crippen molar-refractivity contribution < 1.29 is 0 Å². The molecule has 3 rings (SSSR count). The zero-order valence-corrected chi connectivity index (χ0v) is 11.5. The van der Waals surface area contributed by atoms with Gasteiger partial charge in [0.15, 0.2) is 5.65 Å². The number of hydrogen-bond donors (Lipinski definition) is 1. The molecule has 0 saturated heterocycles. The Morgan fingerprint density at radius 3 is 2.74 bits per heavy atom. The molecule has 0 atom stereocenters. The third kappa shape index (κ3) is 2.44. The fourth-order valence-corrected chi connectivity index (χ4v) is 3.24. The second kappa shape index (κ2) is 5.19. The highest BCUT2D eigenvalue weighted by atomic mass is 15.2. The van der Waals surface area contributed by atoms with E-state index in [1.54, 1.807) is 0 Å². The van der Waals surface area contributed by atoms with Gasteiger partial charge < -0.3 is 5.73 Å². The summed E-state index contributed by atoms with van der Waals surface area (Å²) in [5, 5.41) is 0. The van der Waals surface area contributed by atoms with Crippen LogP contribution >= 0.6 is 0 Å². The number of nitrogens with zero attached hydrogens (tertiary/aromatic N) is 3. The molecule has 2 aromatic heterocycles. The molecule has 0 spiro atoms. The van der Waals surface area contributed by atoms with Crippen LogP contribution in [0, 0.1) is 11.8 Å². The number of aromatic nitrogens is 3. The Hall–Kier alpha value is -1.58. The highest BCUT2D eigenvalue weighted by molar-refractivity contribution is 5.73. The van der Waals surface area contributed by atoms with Gasteiger partial charge in [-0.05, 0) is 36.8 Å². The first-order valence-electron chi connectivity index (χ1n) is 7.34. The van der Waals surface area contributed by atoms with E-state index in [0.29, 0.717) is 5.95 Å². The van der Waals surface area contributed by atoms with Gasteiger partial charge in [-0.1, -0.05) is 26.2 Å². The maximum absolute atomic E-state index is 6.04. The van der Waals surface area contributed by atoms with Crippen LogP contribution in [0.2, 0.25) is 0 Å². The summed E-state index contributed by atoms with van der Waals surface area (Å²) in [6.07, 6.45) is 8.48. The average Bonchev–Trinajstić information content (AvgIpc) is 2.76. The summed E-state index contributed by atoms with van der Waals surface area (Å²) in [5.74, 6) is 2.27. The fraction of sp³-hybridized carbons (Fsp3) is 0.600. The van der Waals surface area contributed by atoms with E-state index in [-0.39, 0.29) is 0 Å². The minimum Gasteiger partial charge on any atom is -0.369 e. The summed E-state index contributed by atoms with van der Waals surface area (Å²) in [6.45, 7) is 3.27. The van der Waals surface area contributed by atoms with Gasteiger partial charge in [-0.25, -0.2) is 9.97 Å². The monoisotopic (exact) mass is 258 g/mol. The molecule has 2 heterocycles. The van der Waals surface area contributed by atoms with Gasteiger partial charge in [-0.2, -0.15) is 0 Å². The summed E-state index contributed by atoms with van der Waals surface area (Å²) in [7, 11) is 0. The molecule has 2 N–H and O–H groups in total. The van der Waals surface area contributed by atoms with Crippen LogP contribution in [-0.2, 0) is 6.54 Å². The van der Waals surface area contributed by atoms with Gasteiger partial charge in [0, 0.05) is 12.7 Å². The molecular weight excluding hydrogens is 236 g/mol. The minimum absolute atomic E-state index is 0.603. The molecular formula is C15H22N4. The second-order valence-electron chi connectivity index (χ2n) is 5.72. The average molecular weight is 258 g/mol. The zero-order valence-electron chi connectivity index (χ0n) is 11.5. The number of hydrogen-bond acceptors (Lipinski definition) is 3. The summed E-state index contributed by atoms with van der Waals surface area (Å²) in [6, 6.07) is 3.88. The van der Waals surface area contributed by atoms with Gasteiger partial charge in [0.25, 0.3) is 0 Å². The summed E-state index contributed by atoms with van der Waals surface area (Å²) in [4.78, 5) is 8.81. The summed E-state index contributed by atoms with van der Waals surface area (Å²) in [5.41, 5.74) is 7.87. The van der Waals surface area contributed by atoms with E-state index >= 15 is 0 Å². The van der Waals surface area contributed by atoms with Crippen molar-refractivity contribution in [1.82, 2.24) is 14.5 Å². The number of imidazole rings is 1. The van der Waals surface area contributed by atoms with Crippen LogP contribution in [0.4, 0.5) is 5.95 Å². The van der Waals surface area contributed by atoms with Crippen molar-refractivity contribution in [2.24, 2.45) is 11.8 Å². The second-order valence-corrected chi connectivity index (χ2v) is 5.72. The van der Waals surface area contributed by atoms with Crippen LogP contribution in [0.15, 0.2) is 18.3 Å². The van der Waals surface area contributed by atoms with Crippen molar-refractivity contribution in [2.75, 3.05) is 5.73 Å². The predicted molar refractivity (Wildman–Crippen MR) is 77.7 cm³/mol. The van der Waals surface area contributed by atoms with Crippen molar-refractivity contribution in [3.05, 3.63) is 18.3 Å². The molecule has 1 fully saturated rings. The Bertz CT molecular complexity index is 552. The first-order chi connectivity index (χ1) is 9.28. The highest BCUT2D eigenvalue weighted by Crippen LogP contribution is 2.32. The Morgan fingerprint density at radius 1 is 1.26 bits per heavy atom. The fourth-order valence-electron chi connectivity index (χ4n) is 3.24. The predicted octanol–water partition coefficient (Wildman–Crippen LogP) is 3.23. The van der Waals surface area contributed by atoms with Crippen molar-refractivity contribution >= 4 is 17.1 Å². The van der Waals surface area contributed by atoms with Gasteiger partial charge in [-0.15, -0.1) is 0 Å². The molecule has 0 amide bonds. The number of fused-ring (bicyclic) bond motifs is 1. The number of nitrogen functional groups attached to an aromatic ring is 1. The van der Waals surface area contributed by atoms with Gasteiger partial charge in [0.1, 0.15) is 5.52 Å². The van der Waals surface area contributed by atoms with E-state index in [1.165, 1.54) is 32.1 Å². The lowest BCUT2D eigenvalue weighted by Gasteiger charge is -2.28. The van der Waals surface area contributed by atoms with Crippen LogP contribution < -0.4 is 5.73 Å². The van der Waals surface area contributed by atoms with E-state index in [4.69, 9.17) is 5.73 Å². The van der Waals surface area contributed by atoms with E-state index in [1.807, 2.05) is 18.3 Å². The lowest BCUT2D eigenvalue weighted by atomic mass is 9.81. The van der Waals surface area contributed by atoms with Crippen LogP contribution in [0.3, 0.4) is 0 Å². The van der Waals surface area contributed by atoms with Crippen molar-refractivity contribution in [3.8, 4) is 0 Å². The Balaban J connectivity index is 1.77. The first kappa shape index (κ1) is 12.5. The highest BCUT2D eigenvalue weighted by Gasteiger charge is 2.21. The maximum atomic E-state index is 6.04. The molecule has 1 aliphatic rings. The molecule has 0 bridgehead atoms. The maximum Gasteiger partial charge on any atom is 0.202 e. The first-order valence-corrected chi connectivity index (χ1v) is 7.34. The SMILES string of the molecule is CCC1CCC(Cn2c(N)nc3cccnc32)CC1. The molecule has 4 heteroatoms. The van der Waals surface area contributed by atoms with Gasteiger partial charge in [0.2, 0.25) is 5.95 Å². The lowest BCUT2D eigenvalue weighted by molar-refractivity contribution is 0.250. The third-order valence-electron chi connectivity index (χ3n) is 4.52. The molecule has 2 aromatic rings. The molecule has 1 aliphatic carbocycles.